The Balaban J connectivity index is 1.45. The summed E-state index contributed by atoms with van der Waals surface area (Å²) in [6, 6.07) is 9.22. The van der Waals surface area contributed by atoms with Gasteiger partial charge in [0.25, 0.3) is 11.8 Å². The molecule has 7 nitrogen and oxygen atoms in total. The van der Waals surface area contributed by atoms with Crippen LogP contribution in [0.3, 0.4) is 0 Å². The summed E-state index contributed by atoms with van der Waals surface area (Å²) >= 11 is 0. The standard InChI is InChI=1S/C24H22FN3O4/c1-24(2)13-26(19-11-16(25)7-9-18(19)24)22(31)14-6-8-17-15(10-14)12-27(23(17)32)28-20(29)4-3-5-21(28)30/h6-11H,3-5,12-13H2,1-2H3. The second-order valence-corrected chi connectivity index (χ2v) is 9.12. The van der Waals surface area contributed by atoms with Crippen LogP contribution in [0, 0.1) is 5.82 Å². The number of amides is 4. The molecule has 0 radical (unpaired) electrons. The van der Waals surface area contributed by atoms with Crippen molar-refractivity contribution in [2.45, 2.75) is 45.1 Å². The molecule has 0 aliphatic carbocycles. The van der Waals surface area contributed by atoms with Gasteiger partial charge in [-0.15, -0.1) is 0 Å². The third-order valence-corrected chi connectivity index (χ3v) is 6.41. The van der Waals surface area contributed by atoms with E-state index in [0.29, 0.717) is 35.3 Å². The molecule has 3 aliphatic heterocycles. The highest BCUT2D eigenvalue weighted by molar-refractivity contribution is 6.09. The van der Waals surface area contributed by atoms with Crippen LogP contribution >= 0.6 is 0 Å². The van der Waals surface area contributed by atoms with Gasteiger partial charge in [-0.05, 0) is 47.9 Å². The van der Waals surface area contributed by atoms with E-state index in [1.54, 1.807) is 29.2 Å². The number of carbonyl (C=O) groups excluding carboxylic acids is 4. The van der Waals surface area contributed by atoms with Crippen molar-refractivity contribution in [3.8, 4) is 0 Å². The van der Waals surface area contributed by atoms with E-state index in [-0.39, 0.29) is 30.7 Å². The Labute approximate surface area is 184 Å². The van der Waals surface area contributed by atoms with Crippen LogP contribution in [0.5, 0.6) is 0 Å². The lowest BCUT2D eigenvalue weighted by Crippen LogP contribution is -2.51. The third-order valence-electron chi connectivity index (χ3n) is 6.41. The van der Waals surface area contributed by atoms with Crippen molar-refractivity contribution >= 4 is 29.3 Å². The van der Waals surface area contributed by atoms with Gasteiger partial charge in [0.2, 0.25) is 11.8 Å². The molecule has 5 rings (SSSR count). The molecule has 8 heteroatoms. The van der Waals surface area contributed by atoms with E-state index in [0.717, 1.165) is 15.6 Å². The highest BCUT2D eigenvalue weighted by Crippen LogP contribution is 2.41. The van der Waals surface area contributed by atoms with Crippen molar-refractivity contribution in [3.05, 3.63) is 64.5 Å². The predicted octanol–water partition coefficient (Wildman–Crippen LogP) is 3.17. The zero-order valence-corrected chi connectivity index (χ0v) is 17.9. The Morgan fingerprint density at radius 1 is 1.00 bits per heavy atom. The molecule has 0 aromatic heterocycles. The van der Waals surface area contributed by atoms with Crippen molar-refractivity contribution < 1.29 is 23.6 Å². The van der Waals surface area contributed by atoms with Crippen LogP contribution in [0.2, 0.25) is 0 Å². The smallest absolute Gasteiger partial charge is 0.273 e. The number of nitrogens with zero attached hydrogens (tertiary/aromatic N) is 3. The molecule has 0 bridgehead atoms. The Bertz CT molecular complexity index is 1190. The summed E-state index contributed by atoms with van der Waals surface area (Å²) in [6.45, 7) is 4.46. The number of imide groups is 1. The second kappa shape index (κ2) is 6.98. The number of fused-ring (bicyclic) bond motifs is 2. The molecular weight excluding hydrogens is 413 g/mol. The molecule has 164 valence electrons. The first kappa shape index (κ1) is 20.4. The number of anilines is 1. The summed E-state index contributed by atoms with van der Waals surface area (Å²) in [5.41, 5.74) is 2.42. The third kappa shape index (κ3) is 3.01. The Morgan fingerprint density at radius 3 is 2.44 bits per heavy atom. The first-order valence-corrected chi connectivity index (χ1v) is 10.6. The average molecular weight is 435 g/mol. The van der Waals surface area contributed by atoms with Crippen molar-refractivity contribution in [3.63, 3.8) is 0 Å². The highest BCUT2D eigenvalue weighted by Gasteiger charge is 2.41. The molecule has 2 aromatic rings. The van der Waals surface area contributed by atoms with E-state index in [1.807, 2.05) is 13.8 Å². The van der Waals surface area contributed by atoms with Crippen LogP contribution in [0.1, 0.15) is 65.0 Å². The quantitative estimate of drug-likeness (QED) is 0.679. The van der Waals surface area contributed by atoms with Crippen LogP contribution in [0.25, 0.3) is 0 Å². The van der Waals surface area contributed by atoms with Gasteiger partial charge < -0.3 is 4.90 Å². The molecule has 32 heavy (non-hydrogen) atoms. The minimum absolute atomic E-state index is 0.0451. The number of hydrogen-bond acceptors (Lipinski definition) is 4. The second-order valence-electron chi connectivity index (χ2n) is 9.12. The molecule has 0 N–H and O–H groups in total. The topological polar surface area (TPSA) is 78.0 Å². The minimum atomic E-state index is -0.433. The Kier molecular flexibility index (Phi) is 4.44. The molecule has 0 saturated carbocycles. The zero-order valence-electron chi connectivity index (χ0n) is 17.9. The SMILES string of the molecule is CC1(C)CN(C(=O)c2ccc3c(c2)CN(N2C(=O)CCCC2=O)C3=O)c2cc(F)ccc21. The fourth-order valence-corrected chi connectivity index (χ4v) is 4.81. The fraction of sp³-hybridized carbons (Fsp3) is 0.333. The molecule has 0 unspecified atom stereocenters. The molecule has 1 saturated heterocycles. The van der Waals surface area contributed by atoms with Crippen LogP contribution in [-0.4, -0.2) is 40.2 Å². The van der Waals surface area contributed by atoms with Gasteiger partial charge in [-0.1, -0.05) is 19.9 Å². The van der Waals surface area contributed by atoms with Crippen molar-refractivity contribution in [1.82, 2.24) is 10.0 Å². The lowest BCUT2D eigenvalue weighted by molar-refractivity contribution is -0.163. The van der Waals surface area contributed by atoms with E-state index in [2.05, 4.69) is 0 Å². The van der Waals surface area contributed by atoms with E-state index < -0.39 is 23.5 Å². The summed E-state index contributed by atoms with van der Waals surface area (Å²) in [6.07, 6.45) is 0.919. The number of rotatable bonds is 2. The zero-order chi connectivity index (χ0) is 22.8. The van der Waals surface area contributed by atoms with Gasteiger partial charge in [-0.2, -0.15) is 5.01 Å². The number of hydrogen-bond donors (Lipinski definition) is 0. The largest absolute Gasteiger partial charge is 0.307 e. The number of halogens is 1. The monoisotopic (exact) mass is 435 g/mol. The Hall–Kier alpha value is -3.55. The van der Waals surface area contributed by atoms with E-state index >= 15 is 0 Å². The average Bonchev–Trinajstić information content (AvgIpc) is 3.20. The first-order valence-electron chi connectivity index (χ1n) is 10.6. The van der Waals surface area contributed by atoms with Gasteiger partial charge in [0.05, 0.1) is 12.2 Å². The number of benzene rings is 2. The van der Waals surface area contributed by atoms with Crippen LogP contribution < -0.4 is 4.90 Å². The van der Waals surface area contributed by atoms with Crippen molar-refractivity contribution in [1.29, 1.82) is 0 Å². The van der Waals surface area contributed by atoms with E-state index in [1.165, 1.54) is 12.1 Å². The Morgan fingerprint density at radius 2 is 1.72 bits per heavy atom. The van der Waals surface area contributed by atoms with Gasteiger partial charge >= 0.3 is 0 Å². The molecule has 3 heterocycles. The van der Waals surface area contributed by atoms with Gasteiger partial charge in [-0.3, -0.25) is 19.2 Å². The van der Waals surface area contributed by atoms with Crippen molar-refractivity contribution in [2.24, 2.45) is 0 Å². The molecular formula is C24H22FN3O4. The maximum Gasteiger partial charge on any atom is 0.273 e. The van der Waals surface area contributed by atoms with Gasteiger partial charge in [0.15, 0.2) is 0 Å². The summed E-state index contributed by atoms with van der Waals surface area (Å²) in [5.74, 6) is -1.92. The minimum Gasteiger partial charge on any atom is -0.307 e. The maximum absolute atomic E-state index is 13.9. The molecule has 0 atom stereocenters. The first-order chi connectivity index (χ1) is 15.2. The lowest BCUT2D eigenvalue weighted by atomic mass is 9.87. The number of piperidine rings is 1. The van der Waals surface area contributed by atoms with Gasteiger partial charge in [0, 0.05) is 35.9 Å². The predicted molar refractivity (Wildman–Crippen MR) is 113 cm³/mol. The van der Waals surface area contributed by atoms with Crippen LogP contribution in [0.4, 0.5) is 10.1 Å². The fourth-order valence-electron chi connectivity index (χ4n) is 4.81. The highest BCUT2D eigenvalue weighted by atomic mass is 19.1. The summed E-state index contributed by atoms with van der Waals surface area (Å²) in [7, 11) is 0. The molecule has 0 spiro atoms. The van der Waals surface area contributed by atoms with Gasteiger partial charge in [0.1, 0.15) is 5.82 Å². The molecule has 1 fully saturated rings. The summed E-state index contributed by atoms with van der Waals surface area (Å²) in [4.78, 5) is 52.3. The number of hydrazine groups is 1. The van der Waals surface area contributed by atoms with Gasteiger partial charge in [-0.25, -0.2) is 9.40 Å². The van der Waals surface area contributed by atoms with Crippen LogP contribution in [-0.2, 0) is 21.5 Å². The lowest BCUT2D eigenvalue weighted by Gasteiger charge is -2.32. The molecule has 2 aromatic carbocycles. The normalized spacial score (nSPS) is 19.5. The van der Waals surface area contributed by atoms with Crippen molar-refractivity contribution in [2.75, 3.05) is 11.4 Å². The number of carbonyl (C=O) groups is 4. The molecule has 4 amide bonds. The summed E-state index contributed by atoms with van der Waals surface area (Å²) in [5, 5.41) is 2.10. The molecule has 3 aliphatic rings. The maximum atomic E-state index is 13.9. The van der Waals surface area contributed by atoms with E-state index in [4.69, 9.17) is 0 Å². The summed E-state index contributed by atoms with van der Waals surface area (Å²) < 4.78 is 13.9. The van der Waals surface area contributed by atoms with E-state index in [9.17, 15) is 23.6 Å². The van der Waals surface area contributed by atoms with Crippen LogP contribution in [0.15, 0.2) is 36.4 Å².